The summed E-state index contributed by atoms with van der Waals surface area (Å²) in [5.41, 5.74) is 1.56. The highest BCUT2D eigenvalue weighted by Gasteiger charge is 2.29. The van der Waals surface area contributed by atoms with Gasteiger partial charge in [0.1, 0.15) is 0 Å². The van der Waals surface area contributed by atoms with Gasteiger partial charge in [-0.15, -0.1) is 0 Å². The lowest BCUT2D eigenvalue weighted by Crippen LogP contribution is -2.45. The maximum Gasteiger partial charge on any atom is 0.253 e. The minimum Gasteiger partial charge on any atom is -0.355 e. The SMILES string of the molecule is O=C(NCCc1cccc(Cl)c1)C1CCCN(C(=O)c2ccc(Cl)c(Cl)c2)C1. The standard InChI is InChI=1S/C21H21Cl3N2O2/c22-17-5-1-3-14(11-17)8-9-25-20(27)16-4-2-10-26(13-16)21(28)15-6-7-18(23)19(24)12-15/h1,3,5-7,11-12,16H,2,4,8-10,13H2,(H,25,27). The number of benzene rings is 2. The molecular weight excluding hydrogens is 419 g/mol. The highest BCUT2D eigenvalue weighted by atomic mass is 35.5. The number of rotatable bonds is 5. The van der Waals surface area contributed by atoms with Crippen molar-refractivity contribution in [1.29, 1.82) is 0 Å². The molecule has 1 aliphatic heterocycles. The minimum atomic E-state index is -0.208. The second-order valence-corrected chi connectivity index (χ2v) is 8.14. The summed E-state index contributed by atoms with van der Waals surface area (Å²) in [6, 6.07) is 12.4. The van der Waals surface area contributed by atoms with Crippen LogP contribution in [0.25, 0.3) is 0 Å². The second-order valence-electron chi connectivity index (χ2n) is 6.89. The topological polar surface area (TPSA) is 49.4 Å². The molecule has 0 bridgehead atoms. The van der Waals surface area contributed by atoms with E-state index in [0.29, 0.717) is 46.7 Å². The van der Waals surface area contributed by atoms with E-state index >= 15 is 0 Å². The predicted molar refractivity (Wildman–Crippen MR) is 113 cm³/mol. The summed E-state index contributed by atoms with van der Waals surface area (Å²) in [6.07, 6.45) is 2.28. The number of nitrogens with one attached hydrogen (secondary N) is 1. The molecule has 1 heterocycles. The summed E-state index contributed by atoms with van der Waals surface area (Å²) in [5.74, 6) is -0.358. The lowest BCUT2D eigenvalue weighted by atomic mass is 9.96. The Morgan fingerprint density at radius 1 is 1.07 bits per heavy atom. The van der Waals surface area contributed by atoms with Crippen LogP contribution in [-0.4, -0.2) is 36.3 Å². The van der Waals surface area contributed by atoms with Crippen LogP contribution in [-0.2, 0) is 11.2 Å². The Labute approximate surface area is 179 Å². The fraction of sp³-hybridized carbons (Fsp3) is 0.333. The van der Waals surface area contributed by atoms with Gasteiger partial charge in [0.25, 0.3) is 5.91 Å². The Kier molecular flexibility index (Phi) is 7.22. The van der Waals surface area contributed by atoms with Gasteiger partial charge in [0.05, 0.1) is 16.0 Å². The van der Waals surface area contributed by atoms with Gasteiger partial charge in [-0.05, 0) is 55.2 Å². The maximum atomic E-state index is 12.7. The van der Waals surface area contributed by atoms with Crippen molar-refractivity contribution in [2.45, 2.75) is 19.3 Å². The van der Waals surface area contributed by atoms with Crippen LogP contribution < -0.4 is 5.32 Å². The van der Waals surface area contributed by atoms with Crippen LogP contribution in [0.2, 0.25) is 15.1 Å². The number of carbonyl (C=O) groups is 2. The average molecular weight is 440 g/mol. The number of amides is 2. The summed E-state index contributed by atoms with van der Waals surface area (Å²) >= 11 is 17.9. The molecule has 3 rings (SSSR count). The van der Waals surface area contributed by atoms with Crippen molar-refractivity contribution in [3.8, 4) is 0 Å². The van der Waals surface area contributed by atoms with Gasteiger partial charge in [-0.25, -0.2) is 0 Å². The van der Waals surface area contributed by atoms with E-state index in [1.54, 1.807) is 23.1 Å². The van der Waals surface area contributed by atoms with Gasteiger partial charge in [-0.2, -0.15) is 0 Å². The Hall–Kier alpha value is -1.75. The first-order valence-corrected chi connectivity index (χ1v) is 10.3. The third-order valence-corrected chi connectivity index (χ3v) is 5.82. The largest absolute Gasteiger partial charge is 0.355 e. The lowest BCUT2D eigenvalue weighted by molar-refractivity contribution is -0.126. The van der Waals surface area contributed by atoms with Crippen molar-refractivity contribution in [1.82, 2.24) is 10.2 Å². The molecule has 1 atom stereocenters. The van der Waals surface area contributed by atoms with Crippen LogP contribution in [0, 0.1) is 5.92 Å². The van der Waals surface area contributed by atoms with Crippen LogP contribution in [0.4, 0.5) is 0 Å². The number of hydrogen-bond donors (Lipinski definition) is 1. The quantitative estimate of drug-likeness (QED) is 0.723. The molecule has 148 valence electrons. The average Bonchev–Trinajstić information content (AvgIpc) is 2.69. The van der Waals surface area contributed by atoms with E-state index in [4.69, 9.17) is 34.8 Å². The van der Waals surface area contributed by atoms with Crippen molar-refractivity contribution >= 4 is 46.6 Å². The molecule has 2 aromatic rings. The van der Waals surface area contributed by atoms with E-state index in [2.05, 4.69) is 5.32 Å². The Balaban J connectivity index is 1.54. The first-order valence-electron chi connectivity index (χ1n) is 9.20. The highest BCUT2D eigenvalue weighted by Crippen LogP contribution is 2.25. The molecule has 1 unspecified atom stereocenters. The van der Waals surface area contributed by atoms with Crippen LogP contribution in [0.15, 0.2) is 42.5 Å². The Morgan fingerprint density at radius 2 is 1.89 bits per heavy atom. The number of nitrogens with zero attached hydrogens (tertiary/aromatic N) is 1. The summed E-state index contributed by atoms with van der Waals surface area (Å²) in [7, 11) is 0. The van der Waals surface area contributed by atoms with Gasteiger partial charge < -0.3 is 10.2 Å². The summed E-state index contributed by atoms with van der Waals surface area (Å²) in [6.45, 7) is 1.57. The van der Waals surface area contributed by atoms with Crippen molar-refractivity contribution in [2.24, 2.45) is 5.92 Å². The van der Waals surface area contributed by atoms with Gasteiger partial charge in [0.2, 0.25) is 5.91 Å². The second kappa shape index (κ2) is 9.64. The summed E-state index contributed by atoms with van der Waals surface area (Å²) in [5, 5.41) is 4.42. The smallest absolute Gasteiger partial charge is 0.253 e. The Bertz CT molecular complexity index is 872. The van der Waals surface area contributed by atoms with Crippen LogP contribution in [0.3, 0.4) is 0 Å². The van der Waals surface area contributed by atoms with Gasteiger partial charge in [-0.1, -0.05) is 46.9 Å². The molecule has 1 fully saturated rings. The number of likely N-dealkylation sites (tertiary alicyclic amines) is 1. The van der Waals surface area contributed by atoms with Crippen LogP contribution >= 0.6 is 34.8 Å². The van der Waals surface area contributed by atoms with Gasteiger partial charge in [-0.3, -0.25) is 9.59 Å². The Morgan fingerprint density at radius 3 is 2.64 bits per heavy atom. The van der Waals surface area contributed by atoms with E-state index in [1.807, 2.05) is 24.3 Å². The maximum absolute atomic E-state index is 12.7. The fourth-order valence-corrected chi connectivity index (χ4v) is 3.87. The molecule has 4 nitrogen and oxygen atoms in total. The molecule has 1 saturated heterocycles. The van der Waals surface area contributed by atoms with Gasteiger partial charge in [0, 0.05) is 30.2 Å². The van der Waals surface area contributed by atoms with Crippen molar-refractivity contribution in [2.75, 3.05) is 19.6 Å². The van der Waals surface area contributed by atoms with Gasteiger partial charge in [0.15, 0.2) is 0 Å². The summed E-state index contributed by atoms with van der Waals surface area (Å²) < 4.78 is 0. The molecule has 0 saturated carbocycles. The number of carbonyl (C=O) groups excluding carboxylic acids is 2. The van der Waals surface area contributed by atoms with E-state index in [1.165, 1.54) is 0 Å². The lowest BCUT2D eigenvalue weighted by Gasteiger charge is -2.32. The normalized spacial score (nSPS) is 16.7. The van der Waals surface area contributed by atoms with Crippen molar-refractivity contribution in [3.63, 3.8) is 0 Å². The minimum absolute atomic E-state index is 0.0198. The third-order valence-electron chi connectivity index (χ3n) is 4.85. The highest BCUT2D eigenvalue weighted by molar-refractivity contribution is 6.42. The van der Waals surface area contributed by atoms with E-state index < -0.39 is 0 Å². The van der Waals surface area contributed by atoms with E-state index in [-0.39, 0.29) is 17.7 Å². The molecule has 1 N–H and O–H groups in total. The molecule has 2 aromatic carbocycles. The zero-order chi connectivity index (χ0) is 20.1. The molecule has 1 aliphatic rings. The first kappa shape index (κ1) is 21.0. The molecule has 0 radical (unpaired) electrons. The third kappa shape index (κ3) is 5.40. The number of halogens is 3. The van der Waals surface area contributed by atoms with Gasteiger partial charge >= 0.3 is 0 Å². The molecule has 7 heteroatoms. The van der Waals surface area contributed by atoms with Crippen molar-refractivity contribution < 1.29 is 9.59 Å². The molecule has 2 amide bonds. The van der Waals surface area contributed by atoms with E-state index in [9.17, 15) is 9.59 Å². The molecular formula is C21H21Cl3N2O2. The zero-order valence-electron chi connectivity index (χ0n) is 15.3. The molecule has 0 aromatic heterocycles. The fourth-order valence-electron chi connectivity index (χ4n) is 3.35. The van der Waals surface area contributed by atoms with Crippen molar-refractivity contribution in [3.05, 3.63) is 68.7 Å². The van der Waals surface area contributed by atoms with E-state index in [0.717, 1.165) is 18.4 Å². The monoisotopic (exact) mass is 438 g/mol. The molecule has 0 spiro atoms. The number of hydrogen-bond acceptors (Lipinski definition) is 2. The molecule has 0 aliphatic carbocycles. The van der Waals surface area contributed by atoms with Crippen LogP contribution in [0.5, 0.6) is 0 Å². The van der Waals surface area contributed by atoms with Crippen LogP contribution in [0.1, 0.15) is 28.8 Å². The number of piperidine rings is 1. The summed E-state index contributed by atoms with van der Waals surface area (Å²) in [4.78, 5) is 27.0. The predicted octanol–water partition coefficient (Wildman–Crippen LogP) is 4.86. The molecule has 28 heavy (non-hydrogen) atoms. The first-order chi connectivity index (χ1) is 13.4. The zero-order valence-corrected chi connectivity index (χ0v) is 17.5.